The molecule has 29 heavy (non-hydrogen) atoms. The van der Waals surface area contributed by atoms with E-state index < -0.39 is 12.1 Å². The van der Waals surface area contributed by atoms with Crippen molar-refractivity contribution in [1.82, 2.24) is 15.3 Å². The summed E-state index contributed by atoms with van der Waals surface area (Å²) in [6.07, 6.45) is -1.22. The predicted octanol–water partition coefficient (Wildman–Crippen LogP) is 3.91. The minimum Gasteiger partial charge on any atom is -0.446 e. The highest BCUT2D eigenvalue weighted by atomic mass is 32.2. The Hall–Kier alpha value is -3.19. The molecule has 0 aliphatic heterocycles. The van der Waals surface area contributed by atoms with Gasteiger partial charge in [0.05, 0.1) is 0 Å². The molecule has 0 aliphatic carbocycles. The fourth-order valence-corrected chi connectivity index (χ4v) is 3.20. The summed E-state index contributed by atoms with van der Waals surface area (Å²) in [5, 5.41) is 3.23. The lowest BCUT2D eigenvalue weighted by Crippen LogP contribution is -2.45. The number of carbonyl (C=O) groups is 2. The molecule has 7 heteroatoms. The normalized spacial score (nSPS) is 11.5. The van der Waals surface area contributed by atoms with Crippen LogP contribution in [0, 0.1) is 6.92 Å². The monoisotopic (exact) mass is 407 g/mol. The van der Waals surface area contributed by atoms with Gasteiger partial charge in [-0.1, -0.05) is 67.2 Å². The SMILES string of the molecule is CCSc1nc(C)cc(OC(NC(=O)c2ccccc2)C(=O)c2ccccc2)n1. The van der Waals surface area contributed by atoms with Gasteiger partial charge in [-0.15, -0.1) is 0 Å². The second kappa shape index (κ2) is 9.84. The van der Waals surface area contributed by atoms with Crippen molar-refractivity contribution in [3.05, 3.63) is 83.6 Å². The first kappa shape index (κ1) is 20.5. The zero-order valence-electron chi connectivity index (χ0n) is 16.2. The fourth-order valence-electron chi connectivity index (χ4n) is 2.58. The number of thioether (sulfide) groups is 1. The Bertz CT molecular complexity index is 981. The van der Waals surface area contributed by atoms with Crippen LogP contribution < -0.4 is 10.1 Å². The van der Waals surface area contributed by atoms with E-state index in [4.69, 9.17) is 4.74 Å². The molecule has 1 amide bonds. The van der Waals surface area contributed by atoms with E-state index in [2.05, 4.69) is 15.3 Å². The molecule has 1 heterocycles. The van der Waals surface area contributed by atoms with E-state index in [-0.39, 0.29) is 11.7 Å². The zero-order chi connectivity index (χ0) is 20.6. The Morgan fingerprint density at radius 2 is 1.62 bits per heavy atom. The summed E-state index contributed by atoms with van der Waals surface area (Å²) in [6, 6.07) is 19.0. The number of aromatic nitrogens is 2. The van der Waals surface area contributed by atoms with Crippen molar-refractivity contribution in [1.29, 1.82) is 0 Å². The van der Waals surface area contributed by atoms with Gasteiger partial charge in [0.2, 0.25) is 17.9 Å². The molecule has 1 unspecified atom stereocenters. The third kappa shape index (κ3) is 5.65. The van der Waals surface area contributed by atoms with Gasteiger partial charge in [0.1, 0.15) is 0 Å². The number of nitrogens with zero attached hydrogens (tertiary/aromatic N) is 2. The average molecular weight is 407 g/mol. The molecule has 1 N–H and O–H groups in total. The maximum absolute atomic E-state index is 13.0. The molecular formula is C22H21N3O3S. The highest BCUT2D eigenvalue weighted by Gasteiger charge is 2.25. The van der Waals surface area contributed by atoms with E-state index in [1.54, 1.807) is 54.6 Å². The van der Waals surface area contributed by atoms with Crippen molar-refractivity contribution in [3.8, 4) is 5.88 Å². The summed E-state index contributed by atoms with van der Waals surface area (Å²) in [5.41, 5.74) is 1.58. The molecule has 0 saturated heterocycles. The zero-order valence-corrected chi connectivity index (χ0v) is 17.0. The standard InChI is InChI=1S/C22H21N3O3S/c1-3-29-22-23-15(2)14-18(24-22)28-21(19(26)16-10-6-4-7-11-16)25-20(27)17-12-8-5-9-13-17/h4-14,21H,3H2,1-2H3,(H,25,27). The first-order valence-corrected chi connectivity index (χ1v) is 10.2. The van der Waals surface area contributed by atoms with Crippen LogP contribution in [-0.4, -0.2) is 33.6 Å². The number of benzene rings is 2. The van der Waals surface area contributed by atoms with Gasteiger partial charge < -0.3 is 10.1 Å². The first-order chi connectivity index (χ1) is 14.1. The number of nitrogens with one attached hydrogen (secondary N) is 1. The lowest BCUT2D eigenvalue weighted by molar-refractivity contribution is 0.0648. The van der Waals surface area contributed by atoms with E-state index >= 15 is 0 Å². The summed E-state index contributed by atoms with van der Waals surface area (Å²) < 4.78 is 5.84. The number of rotatable bonds is 8. The fraction of sp³-hybridized carbons (Fsp3) is 0.182. The number of carbonyl (C=O) groups excluding carboxylic acids is 2. The van der Waals surface area contributed by atoms with Crippen molar-refractivity contribution in [2.24, 2.45) is 0 Å². The highest BCUT2D eigenvalue weighted by Crippen LogP contribution is 2.19. The van der Waals surface area contributed by atoms with Gasteiger partial charge in [-0.25, -0.2) is 4.98 Å². The van der Waals surface area contributed by atoms with Gasteiger partial charge in [0.15, 0.2) is 5.16 Å². The van der Waals surface area contributed by atoms with Crippen LogP contribution in [0.1, 0.15) is 33.3 Å². The van der Waals surface area contributed by atoms with Crippen LogP contribution in [0.25, 0.3) is 0 Å². The summed E-state index contributed by atoms with van der Waals surface area (Å²) in [6.45, 7) is 3.82. The van der Waals surface area contributed by atoms with Crippen LogP contribution in [0.5, 0.6) is 5.88 Å². The Labute approximate surface area is 173 Å². The summed E-state index contributed by atoms with van der Waals surface area (Å²) >= 11 is 1.47. The van der Waals surface area contributed by atoms with Gasteiger partial charge in [-0.2, -0.15) is 4.98 Å². The number of hydrogen-bond donors (Lipinski definition) is 1. The van der Waals surface area contributed by atoms with Crippen molar-refractivity contribution < 1.29 is 14.3 Å². The molecule has 6 nitrogen and oxygen atoms in total. The van der Waals surface area contributed by atoms with Gasteiger partial charge >= 0.3 is 0 Å². The third-order valence-corrected chi connectivity index (χ3v) is 4.65. The minimum atomic E-state index is -1.22. The van der Waals surface area contributed by atoms with Gasteiger partial charge in [-0.05, 0) is 24.8 Å². The van der Waals surface area contributed by atoms with Crippen molar-refractivity contribution in [2.45, 2.75) is 25.2 Å². The van der Waals surface area contributed by atoms with Crippen LogP contribution >= 0.6 is 11.8 Å². The summed E-state index contributed by atoms with van der Waals surface area (Å²) in [4.78, 5) is 34.3. The van der Waals surface area contributed by atoms with Gasteiger partial charge in [0.25, 0.3) is 5.91 Å². The van der Waals surface area contributed by atoms with Crippen LogP contribution in [0.3, 0.4) is 0 Å². The molecule has 2 aromatic carbocycles. The minimum absolute atomic E-state index is 0.232. The van der Waals surface area contributed by atoms with Crippen molar-refractivity contribution in [3.63, 3.8) is 0 Å². The Kier molecular flexibility index (Phi) is 6.97. The third-order valence-electron chi connectivity index (χ3n) is 3.92. The number of hydrogen-bond acceptors (Lipinski definition) is 6. The predicted molar refractivity (Wildman–Crippen MR) is 112 cm³/mol. The summed E-state index contributed by atoms with van der Waals surface area (Å²) in [5.74, 6) is 0.265. The Morgan fingerprint density at radius 1 is 1.00 bits per heavy atom. The maximum atomic E-state index is 13.0. The number of ether oxygens (including phenoxy) is 1. The molecule has 0 saturated carbocycles. The lowest BCUT2D eigenvalue weighted by atomic mass is 10.1. The highest BCUT2D eigenvalue weighted by molar-refractivity contribution is 7.99. The quantitative estimate of drug-likeness (QED) is 0.264. The molecule has 1 aromatic heterocycles. The van der Waals surface area contributed by atoms with Crippen LogP contribution in [0.2, 0.25) is 0 Å². The molecule has 0 bridgehead atoms. The molecule has 148 valence electrons. The van der Waals surface area contributed by atoms with Crippen LogP contribution in [0.15, 0.2) is 71.9 Å². The van der Waals surface area contributed by atoms with Crippen LogP contribution in [-0.2, 0) is 0 Å². The van der Waals surface area contributed by atoms with Gasteiger partial charge in [0, 0.05) is 22.9 Å². The Balaban J connectivity index is 1.88. The molecular weight excluding hydrogens is 386 g/mol. The first-order valence-electron chi connectivity index (χ1n) is 9.17. The molecule has 0 aliphatic rings. The molecule has 3 aromatic rings. The van der Waals surface area contributed by atoms with E-state index in [0.717, 1.165) is 5.75 Å². The lowest BCUT2D eigenvalue weighted by Gasteiger charge is -2.19. The van der Waals surface area contributed by atoms with Gasteiger partial charge in [-0.3, -0.25) is 9.59 Å². The summed E-state index contributed by atoms with van der Waals surface area (Å²) in [7, 11) is 0. The number of ketones is 1. The molecule has 1 atom stereocenters. The van der Waals surface area contributed by atoms with Crippen LogP contribution in [0.4, 0.5) is 0 Å². The molecule has 3 rings (SSSR count). The largest absolute Gasteiger partial charge is 0.446 e. The molecule has 0 radical (unpaired) electrons. The van der Waals surface area contributed by atoms with E-state index in [0.29, 0.717) is 22.0 Å². The number of aryl methyl sites for hydroxylation is 1. The number of amides is 1. The maximum Gasteiger partial charge on any atom is 0.254 e. The average Bonchev–Trinajstić information content (AvgIpc) is 2.74. The van der Waals surface area contributed by atoms with E-state index in [1.165, 1.54) is 11.8 Å². The van der Waals surface area contributed by atoms with E-state index in [9.17, 15) is 9.59 Å². The number of Topliss-reactive ketones (excluding diaryl/α,β-unsaturated/α-hetero) is 1. The topological polar surface area (TPSA) is 81.2 Å². The van der Waals surface area contributed by atoms with Crippen molar-refractivity contribution in [2.75, 3.05) is 5.75 Å². The van der Waals surface area contributed by atoms with E-state index in [1.807, 2.05) is 26.0 Å². The Morgan fingerprint density at radius 3 is 2.24 bits per heavy atom. The van der Waals surface area contributed by atoms with Crippen molar-refractivity contribution >= 4 is 23.5 Å². The smallest absolute Gasteiger partial charge is 0.254 e. The second-order valence-corrected chi connectivity index (χ2v) is 7.36. The molecule has 0 spiro atoms. The molecule has 0 fully saturated rings. The second-order valence-electron chi connectivity index (χ2n) is 6.13.